The smallest absolute Gasteiger partial charge is 0.240 e. The quantitative estimate of drug-likeness (QED) is 0.834. The van der Waals surface area contributed by atoms with Crippen molar-refractivity contribution in [2.45, 2.75) is 18.9 Å². The van der Waals surface area contributed by atoms with E-state index >= 15 is 0 Å². The van der Waals surface area contributed by atoms with Gasteiger partial charge in [-0.05, 0) is 35.4 Å². The summed E-state index contributed by atoms with van der Waals surface area (Å²) in [6.45, 7) is 0. The minimum Gasteiger partial charge on any atom is -0.368 e. The van der Waals surface area contributed by atoms with Crippen molar-refractivity contribution in [3.63, 3.8) is 0 Å². The maximum atomic E-state index is 13.2. The van der Waals surface area contributed by atoms with E-state index < -0.39 is 29.5 Å². The zero-order valence-electron chi connectivity index (χ0n) is 13.1. The third kappa shape index (κ3) is 5.11. The Morgan fingerprint density at radius 2 is 1.72 bits per heavy atom. The van der Waals surface area contributed by atoms with Crippen molar-refractivity contribution in [1.82, 2.24) is 5.32 Å². The fourth-order valence-corrected chi connectivity index (χ4v) is 2.25. The van der Waals surface area contributed by atoms with Gasteiger partial charge >= 0.3 is 0 Å². The van der Waals surface area contributed by atoms with Gasteiger partial charge in [0, 0.05) is 6.42 Å². The van der Waals surface area contributed by atoms with Gasteiger partial charge in [-0.1, -0.05) is 18.2 Å². The molecule has 0 aliphatic heterocycles. The number of hydrogen-bond donors (Lipinski definition) is 2. The van der Waals surface area contributed by atoms with Crippen molar-refractivity contribution < 1.29 is 18.4 Å². The van der Waals surface area contributed by atoms with Gasteiger partial charge in [0.25, 0.3) is 0 Å². The Kier molecular flexibility index (Phi) is 5.79. The SMILES string of the molecule is N#Cc1ccc(C[C@H](NC(=O)Cc2ccc(F)c(F)c2)C(N)=O)cc1. The lowest BCUT2D eigenvalue weighted by atomic mass is 10.0. The van der Waals surface area contributed by atoms with Crippen molar-refractivity contribution in [1.29, 1.82) is 5.26 Å². The van der Waals surface area contributed by atoms with Gasteiger partial charge in [-0.2, -0.15) is 5.26 Å². The van der Waals surface area contributed by atoms with E-state index in [1.54, 1.807) is 24.3 Å². The lowest BCUT2D eigenvalue weighted by molar-refractivity contribution is -0.127. The van der Waals surface area contributed by atoms with Crippen LogP contribution in [0.5, 0.6) is 0 Å². The molecule has 0 aliphatic rings. The molecule has 0 saturated heterocycles. The third-order valence-corrected chi connectivity index (χ3v) is 3.55. The topological polar surface area (TPSA) is 96.0 Å². The first-order chi connectivity index (χ1) is 11.9. The number of carbonyl (C=O) groups excluding carboxylic acids is 2. The van der Waals surface area contributed by atoms with E-state index in [1.807, 2.05) is 6.07 Å². The van der Waals surface area contributed by atoms with Gasteiger partial charge in [0.1, 0.15) is 6.04 Å². The van der Waals surface area contributed by atoms with Crippen molar-refractivity contribution in [2.24, 2.45) is 5.73 Å². The maximum Gasteiger partial charge on any atom is 0.240 e. The monoisotopic (exact) mass is 343 g/mol. The van der Waals surface area contributed by atoms with Crippen LogP contribution in [0.15, 0.2) is 42.5 Å². The minimum atomic E-state index is -1.05. The number of nitrogens with one attached hydrogen (secondary N) is 1. The molecule has 25 heavy (non-hydrogen) atoms. The summed E-state index contributed by atoms with van der Waals surface area (Å²) in [6.07, 6.45) is -0.0566. The summed E-state index contributed by atoms with van der Waals surface area (Å²) in [4.78, 5) is 23.6. The van der Waals surface area contributed by atoms with Crippen molar-refractivity contribution in [3.8, 4) is 6.07 Å². The van der Waals surface area contributed by atoms with E-state index in [4.69, 9.17) is 11.0 Å². The van der Waals surface area contributed by atoms with Crippen LogP contribution < -0.4 is 11.1 Å². The summed E-state index contributed by atoms with van der Waals surface area (Å²) in [5.74, 6) is -3.30. The number of nitrogens with zero attached hydrogens (tertiary/aromatic N) is 1. The van der Waals surface area contributed by atoms with E-state index in [0.29, 0.717) is 5.56 Å². The van der Waals surface area contributed by atoms with Crippen LogP contribution in [0.25, 0.3) is 0 Å². The number of halogens is 2. The molecule has 128 valence electrons. The van der Waals surface area contributed by atoms with Gasteiger partial charge in [0.2, 0.25) is 11.8 Å². The summed E-state index contributed by atoms with van der Waals surface area (Å²) in [5.41, 5.74) is 6.78. The second-order valence-electron chi connectivity index (χ2n) is 5.46. The molecule has 3 N–H and O–H groups in total. The third-order valence-electron chi connectivity index (χ3n) is 3.55. The van der Waals surface area contributed by atoms with Gasteiger partial charge in [-0.25, -0.2) is 8.78 Å². The van der Waals surface area contributed by atoms with Crippen molar-refractivity contribution >= 4 is 11.8 Å². The highest BCUT2D eigenvalue weighted by atomic mass is 19.2. The number of benzene rings is 2. The molecule has 7 heteroatoms. The van der Waals surface area contributed by atoms with Crippen LogP contribution in [0.3, 0.4) is 0 Å². The molecule has 2 amide bonds. The number of carbonyl (C=O) groups is 2. The Labute approximate surface area is 143 Å². The van der Waals surface area contributed by atoms with Crippen LogP contribution in [0.1, 0.15) is 16.7 Å². The van der Waals surface area contributed by atoms with Crippen LogP contribution in [0, 0.1) is 23.0 Å². The average Bonchev–Trinajstić information content (AvgIpc) is 2.58. The van der Waals surface area contributed by atoms with Gasteiger partial charge in [0.05, 0.1) is 18.1 Å². The predicted molar refractivity (Wildman–Crippen MR) is 86.0 cm³/mol. The first-order valence-electron chi connectivity index (χ1n) is 7.40. The molecular formula is C18H15F2N3O2. The number of nitrogens with two attached hydrogens (primary N) is 1. The minimum absolute atomic E-state index is 0.157. The Morgan fingerprint density at radius 3 is 2.28 bits per heavy atom. The molecule has 5 nitrogen and oxygen atoms in total. The standard InChI is InChI=1S/C18H15F2N3O2/c19-14-6-5-13(7-15(14)20)9-17(24)23-16(18(22)25)8-11-1-3-12(10-21)4-2-11/h1-7,16H,8-9H2,(H2,22,25)(H,23,24)/t16-/m0/s1. The fourth-order valence-electron chi connectivity index (χ4n) is 2.25. The number of hydrogen-bond acceptors (Lipinski definition) is 3. The molecule has 0 radical (unpaired) electrons. The number of primary amides is 1. The van der Waals surface area contributed by atoms with E-state index in [9.17, 15) is 18.4 Å². The average molecular weight is 343 g/mol. The Bertz CT molecular complexity index is 829. The zero-order valence-corrected chi connectivity index (χ0v) is 13.1. The van der Waals surface area contributed by atoms with Crippen LogP contribution in [-0.4, -0.2) is 17.9 Å². The summed E-state index contributed by atoms with van der Waals surface area (Å²) < 4.78 is 26.1. The molecule has 2 aromatic rings. The van der Waals surface area contributed by atoms with Crippen LogP contribution in [-0.2, 0) is 22.4 Å². The Balaban J connectivity index is 2.02. The summed E-state index contributed by atoms with van der Waals surface area (Å²) in [7, 11) is 0. The molecule has 1 atom stereocenters. The Hall–Kier alpha value is -3.27. The maximum absolute atomic E-state index is 13.2. The highest BCUT2D eigenvalue weighted by Crippen LogP contribution is 2.10. The van der Waals surface area contributed by atoms with Gasteiger partial charge < -0.3 is 11.1 Å². The number of amides is 2. The summed E-state index contributed by atoms with van der Waals surface area (Å²) in [5, 5.41) is 11.2. The van der Waals surface area contributed by atoms with Crippen LogP contribution in [0.4, 0.5) is 8.78 Å². The normalized spacial score (nSPS) is 11.4. The number of rotatable bonds is 6. The van der Waals surface area contributed by atoms with Crippen molar-refractivity contribution in [2.75, 3.05) is 0 Å². The van der Waals surface area contributed by atoms with E-state index in [2.05, 4.69) is 5.32 Å². The fraction of sp³-hybridized carbons (Fsp3) is 0.167. The summed E-state index contributed by atoms with van der Waals surface area (Å²) in [6, 6.07) is 10.7. The largest absolute Gasteiger partial charge is 0.368 e. The second-order valence-corrected chi connectivity index (χ2v) is 5.46. The van der Waals surface area contributed by atoms with Gasteiger partial charge in [-0.3, -0.25) is 9.59 Å². The van der Waals surface area contributed by atoms with Gasteiger partial charge in [-0.15, -0.1) is 0 Å². The first-order valence-corrected chi connectivity index (χ1v) is 7.40. The molecule has 0 bridgehead atoms. The first kappa shape index (κ1) is 18.1. The van der Waals surface area contributed by atoms with Crippen LogP contribution >= 0.6 is 0 Å². The predicted octanol–water partition coefficient (Wildman–Crippen LogP) is 1.59. The van der Waals surface area contributed by atoms with E-state index in [1.165, 1.54) is 6.07 Å². The molecule has 0 aliphatic carbocycles. The highest BCUT2D eigenvalue weighted by Gasteiger charge is 2.19. The lowest BCUT2D eigenvalue weighted by Crippen LogP contribution is -2.46. The summed E-state index contributed by atoms with van der Waals surface area (Å²) >= 11 is 0. The van der Waals surface area contributed by atoms with E-state index in [0.717, 1.165) is 17.7 Å². The highest BCUT2D eigenvalue weighted by molar-refractivity contribution is 5.87. The molecule has 0 aromatic heterocycles. The molecule has 0 heterocycles. The molecule has 0 unspecified atom stereocenters. The molecule has 0 fully saturated rings. The Morgan fingerprint density at radius 1 is 1.08 bits per heavy atom. The van der Waals surface area contributed by atoms with Crippen molar-refractivity contribution in [3.05, 3.63) is 70.8 Å². The molecule has 0 saturated carbocycles. The molecular weight excluding hydrogens is 328 g/mol. The molecule has 2 rings (SSSR count). The lowest BCUT2D eigenvalue weighted by Gasteiger charge is -2.16. The number of nitriles is 1. The molecule has 0 spiro atoms. The van der Waals surface area contributed by atoms with Crippen LogP contribution in [0.2, 0.25) is 0 Å². The molecule has 2 aromatic carbocycles. The zero-order chi connectivity index (χ0) is 18.4. The second kappa shape index (κ2) is 8.02. The van der Waals surface area contributed by atoms with Gasteiger partial charge in [0.15, 0.2) is 11.6 Å². The van der Waals surface area contributed by atoms with E-state index in [-0.39, 0.29) is 18.4 Å².